The van der Waals surface area contributed by atoms with Crippen LogP contribution >= 0.6 is 11.6 Å². The molecule has 166 valence electrons. The van der Waals surface area contributed by atoms with Crippen LogP contribution in [0.25, 0.3) is 0 Å². The lowest BCUT2D eigenvalue weighted by molar-refractivity contribution is -0.114. The van der Waals surface area contributed by atoms with Crippen molar-refractivity contribution in [1.29, 1.82) is 0 Å². The Morgan fingerprint density at radius 1 is 1.19 bits per heavy atom. The summed E-state index contributed by atoms with van der Waals surface area (Å²) >= 11 is 6.31. The smallest absolute Gasteiger partial charge is 0.253 e. The third-order valence-electron chi connectivity index (χ3n) is 5.52. The molecule has 31 heavy (non-hydrogen) atoms. The molecular weight excluding hydrogens is 430 g/mol. The summed E-state index contributed by atoms with van der Waals surface area (Å²) in [5, 5.41) is 3.03. The zero-order chi connectivity index (χ0) is 22.6. The Morgan fingerprint density at radius 2 is 1.90 bits per heavy atom. The van der Waals surface area contributed by atoms with Crippen molar-refractivity contribution in [3.8, 4) is 0 Å². The summed E-state index contributed by atoms with van der Waals surface area (Å²) in [7, 11) is -2.50. The number of carbonyl (C=O) groups excluding carboxylic acids is 2. The van der Waals surface area contributed by atoms with Crippen LogP contribution in [0, 0.1) is 0 Å². The minimum atomic E-state index is -2.50. The van der Waals surface area contributed by atoms with E-state index in [9.17, 15) is 14.4 Å². The number of carbonyl (C=O) groups is 2. The number of rotatable bonds is 6. The summed E-state index contributed by atoms with van der Waals surface area (Å²) in [4.78, 5) is 36.8. The van der Waals surface area contributed by atoms with Crippen molar-refractivity contribution in [2.75, 3.05) is 18.4 Å². The summed E-state index contributed by atoms with van der Waals surface area (Å²) in [5.74, 6) is 0.0924. The largest absolute Gasteiger partial charge is 0.432 e. The zero-order valence-electron chi connectivity index (χ0n) is 18.0. The molecule has 0 unspecified atom stereocenters. The third kappa shape index (κ3) is 6.40. The van der Waals surface area contributed by atoms with Gasteiger partial charge in [-0.3, -0.25) is 9.59 Å². The number of piperidine rings is 1. The topological polar surface area (TPSA) is 95.7 Å². The Bertz CT molecular complexity index is 953. The Labute approximate surface area is 189 Å². The van der Waals surface area contributed by atoms with Crippen molar-refractivity contribution in [2.24, 2.45) is 5.73 Å². The number of nitrogens with one attached hydrogen (secondary N) is 1. The molecule has 0 aromatic heterocycles. The van der Waals surface area contributed by atoms with Crippen LogP contribution < -0.4 is 11.1 Å². The molecule has 2 amide bonds. The molecule has 4 N–H and O–H groups in total. The van der Waals surface area contributed by atoms with Gasteiger partial charge in [-0.05, 0) is 61.2 Å². The molecule has 2 aromatic carbocycles. The highest BCUT2D eigenvalue weighted by Crippen LogP contribution is 2.30. The number of nitrogens with two attached hydrogens (primary N) is 1. The number of hydrogen-bond donors (Lipinski definition) is 3. The lowest BCUT2D eigenvalue weighted by atomic mass is 9.88. The van der Waals surface area contributed by atoms with Crippen LogP contribution in [0.2, 0.25) is 24.2 Å². The van der Waals surface area contributed by atoms with Gasteiger partial charge in [0, 0.05) is 31.2 Å². The number of anilines is 1. The lowest BCUT2D eigenvalue weighted by Crippen LogP contribution is -2.38. The molecule has 1 saturated heterocycles. The van der Waals surface area contributed by atoms with Crippen LogP contribution in [0.5, 0.6) is 0 Å². The van der Waals surface area contributed by atoms with Crippen LogP contribution in [0.4, 0.5) is 5.69 Å². The van der Waals surface area contributed by atoms with Crippen molar-refractivity contribution in [3.63, 3.8) is 0 Å². The predicted molar refractivity (Wildman–Crippen MR) is 127 cm³/mol. The fraction of sp³-hybridized carbons (Fsp3) is 0.391. The predicted octanol–water partition coefficient (Wildman–Crippen LogP) is 3.95. The van der Waals surface area contributed by atoms with Crippen LogP contribution in [0.3, 0.4) is 0 Å². The van der Waals surface area contributed by atoms with Gasteiger partial charge in [0.15, 0.2) is 8.32 Å². The standard InChI is InChI=1S/C23H30ClN3O3Si/c1-31(2,30)15-22(28)26-21-7-6-19(13-20(21)24)23(29)27-10-8-17(9-11-27)18-5-3-4-16(12-18)14-25/h3-7,12-13,17,30H,8-11,14-15,25H2,1-2H3,(H,26,28). The molecule has 0 atom stereocenters. The molecule has 6 nitrogen and oxygen atoms in total. The van der Waals surface area contributed by atoms with Crippen LogP contribution in [0.15, 0.2) is 42.5 Å². The number of amides is 2. The maximum absolute atomic E-state index is 13.0. The normalized spacial score (nSPS) is 15.1. The summed E-state index contributed by atoms with van der Waals surface area (Å²) in [5.41, 5.74) is 9.11. The van der Waals surface area contributed by atoms with E-state index in [4.69, 9.17) is 17.3 Å². The van der Waals surface area contributed by atoms with Gasteiger partial charge in [-0.25, -0.2) is 0 Å². The van der Waals surface area contributed by atoms with E-state index in [1.54, 1.807) is 31.3 Å². The molecular formula is C23H30ClN3O3Si. The van der Waals surface area contributed by atoms with Gasteiger partial charge in [-0.15, -0.1) is 0 Å². The molecule has 0 bridgehead atoms. The molecule has 0 radical (unpaired) electrons. The van der Waals surface area contributed by atoms with Gasteiger partial charge in [0.05, 0.1) is 10.7 Å². The Hall–Kier alpha value is -2.19. The maximum Gasteiger partial charge on any atom is 0.253 e. The first-order valence-electron chi connectivity index (χ1n) is 10.6. The Kier molecular flexibility index (Phi) is 7.54. The molecule has 0 aliphatic carbocycles. The maximum atomic E-state index is 13.0. The van der Waals surface area contributed by atoms with E-state index in [0.717, 1.165) is 18.4 Å². The first-order valence-corrected chi connectivity index (χ1v) is 14.1. The van der Waals surface area contributed by atoms with Gasteiger partial charge in [0.1, 0.15) is 0 Å². The summed E-state index contributed by atoms with van der Waals surface area (Å²) in [6.45, 7) is 5.30. The minimum Gasteiger partial charge on any atom is -0.432 e. The number of halogens is 1. The van der Waals surface area contributed by atoms with Gasteiger partial charge in [-0.1, -0.05) is 35.9 Å². The quantitative estimate of drug-likeness (QED) is 0.570. The molecule has 0 spiro atoms. The number of nitrogens with zero attached hydrogens (tertiary/aromatic N) is 1. The van der Waals surface area contributed by atoms with E-state index in [1.165, 1.54) is 5.56 Å². The summed E-state index contributed by atoms with van der Waals surface area (Å²) < 4.78 is 0. The molecule has 1 heterocycles. The second-order valence-electron chi connectivity index (χ2n) is 8.75. The van der Waals surface area contributed by atoms with Crippen molar-refractivity contribution >= 4 is 37.4 Å². The number of benzene rings is 2. The van der Waals surface area contributed by atoms with Crippen LogP contribution in [-0.2, 0) is 11.3 Å². The highest BCUT2D eigenvalue weighted by Gasteiger charge is 2.26. The highest BCUT2D eigenvalue weighted by molar-refractivity contribution is 6.73. The fourth-order valence-electron chi connectivity index (χ4n) is 3.91. The van der Waals surface area contributed by atoms with Crippen LogP contribution in [-0.4, -0.2) is 42.9 Å². The van der Waals surface area contributed by atoms with E-state index < -0.39 is 8.32 Å². The Morgan fingerprint density at radius 3 is 2.52 bits per heavy atom. The molecule has 1 aliphatic rings. The molecule has 1 fully saturated rings. The van der Waals surface area contributed by atoms with Gasteiger partial charge in [0.25, 0.3) is 5.91 Å². The van der Waals surface area contributed by atoms with Gasteiger partial charge < -0.3 is 20.7 Å². The van der Waals surface area contributed by atoms with Crippen molar-refractivity contribution in [3.05, 3.63) is 64.2 Å². The lowest BCUT2D eigenvalue weighted by Gasteiger charge is -2.32. The van der Waals surface area contributed by atoms with E-state index in [0.29, 0.717) is 41.8 Å². The number of hydrogen-bond acceptors (Lipinski definition) is 4. The Balaban J connectivity index is 1.60. The molecule has 0 saturated carbocycles. The van der Waals surface area contributed by atoms with E-state index in [-0.39, 0.29) is 17.9 Å². The van der Waals surface area contributed by atoms with Crippen LogP contribution in [0.1, 0.15) is 40.2 Å². The number of likely N-dealkylation sites (tertiary alicyclic amines) is 1. The second-order valence-corrected chi connectivity index (χ2v) is 13.1. The SMILES string of the molecule is C[Si](C)(O)CC(=O)Nc1ccc(C(=O)N2CCC(c3cccc(CN)c3)CC2)cc1Cl. The van der Waals surface area contributed by atoms with Crippen molar-refractivity contribution in [1.82, 2.24) is 4.90 Å². The second kappa shape index (κ2) is 9.95. The highest BCUT2D eigenvalue weighted by atomic mass is 35.5. The monoisotopic (exact) mass is 459 g/mol. The summed E-state index contributed by atoms with van der Waals surface area (Å²) in [6.07, 6.45) is 1.81. The first-order chi connectivity index (χ1) is 14.7. The fourth-order valence-corrected chi connectivity index (χ4v) is 5.01. The third-order valence-corrected chi connectivity index (χ3v) is 7.02. The molecule has 3 rings (SSSR count). The van der Waals surface area contributed by atoms with Gasteiger partial charge >= 0.3 is 0 Å². The first kappa shape index (κ1) is 23.5. The summed E-state index contributed by atoms with van der Waals surface area (Å²) in [6, 6.07) is 13.4. The van der Waals surface area contributed by atoms with Crippen molar-refractivity contribution in [2.45, 2.75) is 44.4 Å². The van der Waals surface area contributed by atoms with E-state index >= 15 is 0 Å². The van der Waals surface area contributed by atoms with Gasteiger partial charge in [0.2, 0.25) is 5.91 Å². The molecule has 2 aromatic rings. The van der Waals surface area contributed by atoms with Gasteiger partial charge in [-0.2, -0.15) is 0 Å². The van der Waals surface area contributed by atoms with E-state index in [1.807, 2.05) is 17.0 Å². The average molecular weight is 460 g/mol. The average Bonchev–Trinajstić information content (AvgIpc) is 2.73. The minimum absolute atomic E-state index is 0.0576. The van der Waals surface area contributed by atoms with E-state index in [2.05, 4.69) is 17.4 Å². The molecule has 1 aliphatic heterocycles. The van der Waals surface area contributed by atoms with Crippen molar-refractivity contribution < 1.29 is 14.4 Å². The molecule has 8 heteroatoms. The zero-order valence-corrected chi connectivity index (χ0v) is 19.8.